The van der Waals surface area contributed by atoms with Gasteiger partial charge in [-0.2, -0.15) is 13.2 Å². The second-order valence-electron chi connectivity index (χ2n) is 7.46. The van der Waals surface area contributed by atoms with Crippen LogP contribution >= 0.6 is 11.6 Å². The second-order valence-corrected chi connectivity index (χ2v) is 7.86. The van der Waals surface area contributed by atoms with Gasteiger partial charge in [0.1, 0.15) is 0 Å². The Morgan fingerprint density at radius 1 is 1.24 bits per heavy atom. The van der Waals surface area contributed by atoms with Gasteiger partial charge in [-0.25, -0.2) is 0 Å². The number of alkyl halides is 3. The van der Waals surface area contributed by atoms with Crippen molar-refractivity contribution in [3.8, 4) is 11.5 Å². The maximum absolute atomic E-state index is 13.7. The first-order valence-electron chi connectivity index (χ1n) is 10.7. The van der Waals surface area contributed by atoms with Crippen LogP contribution in [-0.4, -0.2) is 45.9 Å². The molecule has 6 nitrogen and oxygen atoms in total. The summed E-state index contributed by atoms with van der Waals surface area (Å²) in [5.74, 6) is 0.257. The summed E-state index contributed by atoms with van der Waals surface area (Å²) < 4.78 is 57.0. The number of hydrogen-bond donors (Lipinski definition) is 1. The SMILES string of the molecule is CCOc1c(Cl)cc(/C=C/C(=O)NCc2ccc(N3CCOCC3)cc2C(F)(F)F)cc1OC. The summed E-state index contributed by atoms with van der Waals surface area (Å²) in [5, 5.41) is 2.82. The maximum Gasteiger partial charge on any atom is 0.416 e. The Labute approximate surface area is 201 Å². The van der Waals surface area contributed by atoms with Gasteiger partial charge < -0.3 is 24.4 Å². The Morgan fingerprint density at radius 3 is 2.62 bits per heavy atom. The monoisotopic (exact) mass is 498 g/mol. The van der Waals surface area contributed by atoms with Gasteiger partial charge in [0.2, 0.25) is 5.91 Å². The number of carbonyl (C=O) groups is 1. The standard InChI is InChI=1S/C24H26ClF3N2O4/c1-3-34-23-20(25)12-16(13-21(23)32-2)4-7-22(31)29-15-17-5-6-18(14-19(17)24(26,27)28)30-8-10-33-11-9-30/h4-7,12-14H,3,8-11,15H2,1-2H3,(H,29,31)/b7-4+. The summed E-state index contributed by atoms with van der Waals surface area (Å²) in [6, 6.07) is 7.40. The van der Waals surface area contributed by atoms with E-state index >= 15 is 0 Å². The van der Waals surface area contributed by atoms with Gasteiger partial charge in [0, 0.05) is 31.4 Å². The number of benzene rings is 2. The fourth-order valence-electron chi connectivity index (χ4n) is 3.53. The van der Waals surface area contributed by atoms with Crippen LogP contribution in [0.5, 0.6) is 11.5 Å². The summed E-state index contributed by atoms with van der Waals surface area (Å²) in [4.78, 5) is 14.1. The van der Waals surface area contributed by atoms with Crippen molar-refractivity contribution in [3.05, 3.63) is 58.1 Å². The molecule has 0 aromatic heterocycles. The molecule has 1 saturated heterocycles. The maximum atomic E-state index is 13.7. The zero-order valence-electron chi connectivity index (χ0n) is 18.9. The van der Waals surface area contributed by atoms with Gasteiger partial charge >= 0.3 is 6.18 Å². The molecule has 3 rings (SSSR count). The zero-order chi connectivity index (χ0) is 24.7. The number of nitrogens with one attached hydrogen (secondary N) is 1. The van der Waals surface area contributed by atoms with Crippen molar-refractivity contribution in [2.24, 2.45) is 0 Å². The summed E-state index contributed by atoms with van der Waals surface area (Å²) in [7, 11) is 1.47. The number of nitrogens with zero attached hydrogens (tertiary/aromatic N) is 1. The molecular formula is C24H26ClF3N2O4. The number of morpholine rings is 1. The third kappa shape index (κ3) is 6.57. The molecule has 34 heavy (non-hydrogen) atoms. The lowest BCUT2D eigenvalue weighted by atomic mass is 10.0. The highest BCUT2D eigenvalue weighted by atomic mass is 35.5. The predicted molar refractivity (Wildman–Crippen MR) is 125 cm³/mol. The molecule has 1 amide bonds. The van der Waals surface area contributed by atoms with Crippen LogP contribution in [0, 0.1) is 0 Å². The first kappa shape index (κ1) is 25.7. The number of methoxy groups -OCH3 is 1. The number of anilines is 1. The highest BCUT2D eigenvalue weighted by molar-refractivity contribution is 6.32. The number of amides is 1. The van der Waals surface area contributed by atoms with Crippen LogP contribution < -0.4 is 19.7 Å². The first-order chi connectivity index (χ1) is 16.2. The number of ether oxygens (including phenoxy) is 3. The van der Waals surface area contributed by atoms with E-state index in [0.29, 0.717) is 60.7 Å². The molecule has 1 fully saturated rings. The molecule has 2 aromatic carbocycles. The average molecular weight is 499 g/mol. The summed E-state index contributed by atoms with van der Waals surface area (Å²) in [6.07, 6.45) is -1.83. The number of halogens is 4. The number of rotatable bonds is 8. The molecule has 0 radical (unpaired) electrons. The van der Waals surface area contributed by atoms with Crippen LogP contribution in [0.15, 0.2) is 36.4 Å². The van der Waals surface area contributed by atoms with Crippen LogP contribution in [0.2, 0.25) is 5.02 Å². The Bertz CT molecular complexity index is 1040. The van der Waals surface area contributed by atoms with Crippen molar-refractivity contribution in [1.29, 1.82) is 0 Å². The van der Waals surface area contributed by atoms with Gasteiger partial charge in [-0.05, 0) is 48.4 Å². The lowest BCUT2D eigenvalue weighted by molar-refractivity contribution is -0.138. The highest BCUT2D eigenvalue weighted by Crippen LogP contribution is 2.37. The molecule has 1 heterocycles. The van der Waals surface area contributed by atoms with Crippen LogP contribution in [0.4, 0.5) is 18.9 Å². The topological polar surface area (TPSA) is 60.0 Å². The quantitative estimate of drug-likeness (QED) is 0.523. The van der Waals surface area contributed by atoms with Crippen molar-refractivity contribution in [3.63, 3.8) is 0 Å². The van der Waals surface area contributed by atoms with Gasteiger partial charge in [-0.1, -0.05) is 17.7 Å². The summed E-state index contributed by atoms with van der Waals surface area (Å²) >= 11 is 6.22. The van der Waals surface area contributed by atoms with Crippen LogP contribution in [0.1, 0.15) is 23.6 Å². The van der Waals surface area contributed by atoms with Crippen LogP contribution in [0.3, 0.4) is 0 Å². The van der Waals surface area contributed by atoms with Crippen molar-refractivity contribution >= 4 is 29.3 Å². The molecule has 0 bridgehead atoms. The van der Waals surface area contributed by atoms with E-state index in [4.69, 9.17) is 25.8 Å². The molecule has 10 heteroatoms. The normalized spacial score (nSPS) is 14.4. The lowest BCUT2D eigenvalue weighted by Crippen LogP contribution is -2.36. The Morgan fingerprint density at radius 2 is 1.97 bits per heavy atom. The Kier molecular flexibility index (Phi) is 8.68. The Balaban J connectivity index is 1.70. The molecule has 0 saturated carbocycles. The van der Waals surface area contributed by atoms with E-state index in [2.05, 4.69) is 5.32 Å². The van der Waals surface area contributed by atoms with Gasteiger partial charge in [0.05, 0.1) is 37.5 Å². The van der Waals surface area contributed by atoms with E-state index in [1.54, 1.807) is 18.2 Å². The molecule has 1 aliphatic heterocycles. The Hall–Kier alpha value is -2.91. The smallest absolute Gasteiger partial charge is 0.416 e. The lowest BCUT2D eigenvalue weighted by Gasteiger charge is -2.29. The summed E-state index contributed by atoms with van der Waals surface area (Å²) in [5.41, 5.74) is 0.263. The van der Waals surface area contributed by atoms with Crippen molar-refractivity contribution < 1.29 is 32.2 Å². The van der Waals surface area contributed by atoms with Gasteiger partial charge in [0.15, 0.2) is 11.5 Å². The van der Waals surface area contributed by atoms with E-state index in [1.807, 2.05) is 11.8 Å². The van der Waals surface area contributed by atoms with Gasteiger partial charge in [0.25, 0.3) is 0 Å². The fraction of sp³-hybridized carbons (Fsp3) is 0.375. The van der Waals surface area contributed by atoms with Crippen LogP contribution in [-0.2, 0) is 22.3 Å². The molecular weight excluding hydrogens is 473 g/mol. The van der Waals surface area contributed by atoms with E-state index in [9.17, 15) is 18.0 Å². The number of carbonyl (C=O) groups excluding carboxylic acids is 1. The average Bonchev–Trinajstić information content (AvgIpc) is 2.82. The third-order valence-corrected chi connectivity index (χ3v) is 5.48. The third-order valence-electron chi connectivity index (χ3n) is 5.20. The molecule has 184 valence electrons. The van der Waals surface area contributed by atoms with Gasteiger partial charge in [-0.15, -0.1) is 0 Å². The van der Waals surface area contributed by atoms with E-state index < -0.39 is 17.6 Å². The molecule has 1 aliphatic rings. The minimum Gasteiger partial charge on any atom is -0.493 e. The first-order valence-corrected chi connectivity index (χ1v) is 11.1. The second kappa shape index (κ2) is 11.5. The minimum absolute atomic E-state index is 0.0166. The number of hydrogen-bond acceptors (Lipinski definition) is 5. The van der Waals surface area contributed by atoms with Crippen molar-refractivity contribution in [2.75, 3.05) is 44.9 Å². The van der Waals surface area contributed by atoms with Gasteiger partial charge in [-0.3, -0.25) is 4.79 Å². The molecule has 0 spiro atoms. The van der Waals surface area contributed by atoms with Crippen LogP contribution in [0.25, 0.3) is 6.08 Å². The zero-order valence-corrected chi connectivity index (χ0v) is 19.6. The van der Waals surface area contributed by atoms with Crippen molar-refractivity contribution in [1.82, 2.24) is 5.32 Å². The molecule has 1 N–H and O–H groups in total. The van der Waals surface area contributed by atoms with E-state index in [-0.39, 0.29) is 12.1 Å². The molecule has 0 unspecified atom stereocenters. The molecule has 2 aromatic rings. The predicted octanol–water partition coefficient (Wildman–Crippen LogP) is 4.93. The molecule has 0 aliphatic carbocycles. The van der Waals surface area contributed by atoms with E-state index in [1.165, 1.54) is 25.3 Å². The van der Waals surface area contributed by atoms with E-state index in [0.717, 1.165) is 6.07 Å². The highest BCUT2D eigenvalue weighted by Gasteiger charge is 2.34. The molecule has 0 atom stereocenters. The largest absolute Gasteiger partial charge is 0.493 e. The minimum atomic E-state index is -4.55. The fourth-order valence-corrected chi connectivity index (χ4v) is 3.81. The van der Waals surface area contributed by atoms with Crippen molar-refractivity contribution in [2.45, 2.75) is 19.6 Å². The summed E-state index contributed by atoms with van der Waals surface area (Å²) in [6.45, 7) is 3.94.